The van der Waals surface area contributed by atoms with E-state index in [1.807, 2.05) is 0 Å². The van der Waals surface area contributed by atoms with Gasteiger partial charge in [-0.15, -0.1) is 11.3 Å². The average molecular weight is 377 g/mol. The van der Waals surface area contributed by atoms with Gasteiger partial charge in [-0.3, -0.25) is 4.79 Å². The summed E-state index contributed by atoms with van der Waals surface area (Å²) in [5.74, 6) is -0.867. The summed E-state index contributed by atoms with van der Waals surface area (Å²) in [5.41, 5.74) is 5.38. The van der Waals surface area contributed by atoms with Gasteiger partial charge in [0.25, 0.3) is 5.91 Å². The van der Waals surface area contributed by atoms with E-state index in [2.05, 4.69) is 10.3 Å². The number of carbonyl (C=O) groups excluding carboxylic acids is 1. The number of aromatic nitrogens is 1. The Morgan fingerprint density at radius 1 is 1.16 bits per heavy atom. The number of hydrogen-bond donors (Lipinski definition) is 2. The molecule has 0 atom stereocenters. The first-order valence-corrected chi connectivity index (χ1v) is 9.30. The van der Waals surface area contributed by atoms with E-state index in [-0.39, 0.29) is 19.7 Å². The number of nitrogens with zero attached hydrogens (tertiary/aromatic N) is 1. The lowest BCUT2D eigenvalue weighted by molar-refractivity contribution is 0.100. The Hall–Kier alpha value is -2.78. The van der Waals surface area contributed by atoms with Crippen LogP contribution in [0.15, 0.2) is 63.8 Å². The summed E-state index contributed by atoms with van der Waals surface area (Å²) >= 11 is 0.855. The van der Waals surface area contributed by atoms with Gasteiger partial charge in [-0.2, -0.15) is 0 Å². The van der Waals surface area contributed by atoms with Crippen LogP contribution in [0.5, 0.6) is 0 Å². The van der Waals surface area contributed by atoms with Crippen LogP contribution in [-0.4, -0.2) is 19.3 Å². The highest BCUT2D eigenvalue weighted by Crippen LogP contribution is 2.35. The molecule has 0 fully saturated rings. The molecule has 0 aliphatic heterocycles. The molecule has 0 unspecified atom stereocenters. The van der Waals surface area contributed by atoms with Crippen LogP contribution < -0.4 is 11.1 Å². The van der Waals surface area contributed by atoms with Gasteiger partial charge in [-0.25, -0.2) is 17.8 Å². The molecule has 1 aromatic carbocycles. The number of benzene rings is 1. The van der Waals surface area contributed by atoms with Gasteiger partial charge >= 0.3 is 0 Å². The smallest absolute Gasteiger partial charge is 0.251 e. The van der Waals surface area contributed by atoms with Crippen molar-refractivity contribution in [1.82, 2.24) is 4.98 Å². The molecular formula is C16H12FN3O3S2. The van der Waals surface area contributed by atoms with Gasteiger partial charge in [0.05, 0.1) is 10.5 Å². The summed E-state index contributed by atoms with van der Waals surface area (Å²) in [6.45, 7) is 0. The van der Waals surface area contributed by atoms with E-state index in [4.69, 9.17) is 5.73 Å². The first-order valence-electron chi connectivity index (χ1n) is 7.00. The highest BCUT2D eigenvalue weighted by atomic mass is 32.2. The normalized spacial score (nSPS) is 11.2. The van der Waals surface area contributed by atoms with Crippen LogP contribution in [0.3, 0.4) is 0 Å². The zero-order valence-electron chi connectivity index (χ0n) is 12.6. The molecule has 3 rings (SSSR count). The molecule has 0 radical (unpaired) electrons. The van der Waals surface area contributed by atoms with Crippen LogP contribution in [0.2, 0.25) is 0 Å². The molecule has 0 aliphatic carbocycles. The molecule has 128 valence electrons. The van der Waals surface area contributed by atoms with E-state index < -0.39 is 21.6 Å². The van der Waals surface area contributed by atoms with E-state index >= 15 is 0 Å². The quantitative estimate of drug-likeness (QED) is 0.666. The Morgan fingerprint density at radius 2 is 1.88 bits per heavy atom. The van der Waals surface area contributed by atoms with Crippen LogP contribution in [0, 0.1) is 5.82 Å². The number of rotatable bonds is 5. The first-order chi connectivity index (χ1) is 11.9. The summed E-state index contributed by atoms with van der Waals surface area (Å²) < 4.78 is 38.3. The molecule has 0 bridgehead atoms. The lowest BCUT2D eigenvalue weighted by Crippen LogP contribution is -2.11. The fourth-order valence-electron chi connectivity index (χ4n) is 2.06. The highest BCUT2D eigenvalue weighted by molar-refractivity contribution is 7.93. The van der Waals surface area contributed by atoms with Crippen LogP contribution in [-0.2, 0) is 9.84 Å². The van der Waals surface area contributed by atoms with Crippen LogP contribution in [0.4, 0.5) is 15.2 Å². The minimum atomic E-state index is -3.90. The standard InChI is InChI=1S/C16H12FN3O3S2/c17-10-4-6-11(7-5-10)25(22,23)14-9-12(15(18)21)16(24-14)20-13-3-1-2-8-19-13/h1-9H,(H2,18,21)(H,19,20). The third-order valence-electron chi connectivity index (χ3n) is 3.27. The van der Waals surface area contributed by atoms with Crippen molar-refractivity contribution in [3.63, 3.8) is 0 Å². The van der Waals surface area contributed by atoms with Crippen LogP contribution in [0.25, 0.3) is 0 Å². The van der Waals surface area contributed by atoms with Crippen molar-refractivity contribution in [2.75, 3.05) is 5.32 Å². The number of nitrogens with two attached hydrogens (primary N) is 1. The number of hydrogen-bond acceptors (Lipinski definition) is 6. The molecule has 6 nitrogen and oxygen atoms in total. The largest absolute Gasteiger partial charge is 0.366 e. The zero-order valence-corrected chi connectivity index (χ0v) is 14.3. The monoisotopic (exact) mass is 377 g/mol. The average Bonchev–Trinajstić information content (AvgIpc) is 3.01. The third kappa shape index (κ3) is 3.52. The Labute approximate surface area is 147 Å². The minimum absolute atomic E-state index is 0.0383. The Bertz CT molecular complexity index is 1020. The predicted octanol–water partition coefficient (Wildman–Crippen LogP) is 2.96. The van der Waals surface area contributed by atoms with Gasteiger partial charge < -0.3 is 11.1 Å². The molecule has 2 aromatic heterocycles. The van der Waals surface area contributed by atoms with Crippen LogP contribution >= 0.6 is 11.3 Å². The maximum Gasteiger partial charge on any atom is 0.251 e. The second-order valence-electron chi connectivity index (χ2n) is 4.97. The summed E-state index contributed by atoms with van der Waals surface area (Å²) in [6, 6.07) is 10.8. The molecule has 3 aromatic rings. The fraction of sp³-hybridized carbons (Fsp3) is 0. The topological polar surface area (TPSA) is 102 Å². The third-order valence-corrected chi connectivity index (χ3v) is 6.56. The SMILES string of the molecule is NC(=O)c1cc(S(=O)(=O)c2ccc(F)cc2)sc1Nc1ccccn1. The van der Waals surface area contributed by atoms with E-state index in [0.29, 0.717) is 5.82 Å². The lowest BCUT2D eigenvalue weighted by Gasteiger charge is -2.03. The molecule has 0 aliphatic rings. The zero-order chi connectivity index (χ0) is 18.0. The maximum atomic E-state index is 13.0. The summed E-state index contributed by atoms with van der Waals surface area (Å²) in [5, 5.41) is 3.16. The Morgan fingerprint density at radius 3 is 2.48 bits per heavy atom. The van der Waals surface area contributed by atoms with Crippen LogP contribution in [0.1, 0.15) is 10.4 Å². The summed E-state index contributed by atoms with van der Waals surface area (Å²) in [7, 11) is -3.90. The molecule has 2 heterocycles. The number of pyridine rings is 1. The number of primary amides is 1. The Balaban J connectivity index is 2.04. The second kappa shape index (κ2) is 6.61. The highest BCUT2D eigenvalue weighted by Gasteiger charge is 2.24. The summed E-state index contributed by atoms with van der Waals surface area (Å²) in [4.78, 5) is 15.7. The molecule has 1 amide bonds. The molecule has 3 N–H and O–H groups in total. The Kier molecular flexibility index (Phi) is 4.51. The fourth-order valence-corrected chi connectivity index (χ4v) is 4.84. The van der Waals surface area contributed by atoms with Crippen molar-refractivity contribution in [3.8, 4) is 0 Å². The number of sulfone groups is 1. The van der Waals surface area contributed by atoms with Crippen molar-refractivity contribution >= 4 is 37.9 Å². The number of anilines is 2. The van der Waals surface area contributed by atoms with Crippen molar-refractivity contribution in [3.05, 3.63) is 66.1 Å². The lowest BCUT2D eigenvalue weighted by atomic mass is 10.3. The predicted molar refractivity (Wildman–Crippen MR) is 92.2 cm³/mol. The van der Waals surface area contributed by atoms with E-state index in [9.17, 15) is 17.6 Å². The van der Waals surface area contributed by atoms with Gasteiger partial charge in [0.2, 0.25) is 9.84 Å². The van der Waals surface area contributed by atoms with Gasteiger partial charge in [-0.1, -0.05) is 6.07 Å². The first kappa shape index (κ1) is 17.1. The molecule has 0 saturated heterocycles. The van der Waals surface area contributed by atoms with Crippen molar-refractivity contribution in [2.45, 2.75) is 9.10 Å². The second-order valence-corrected chi connectivity index (χ2v) is 8.20. The van der Waals surface area contributed by atoms with Crippen molar-refractivity contribution < 1.29 is 17.6 Å². The van der Waals surface area contributed by atoms with E-state index in [1.165, 1.54) is 18.2 Å². The number of nitrogens with one attached hydrogen (secondary N) is 1. The molecular weight excluding hydrogens is 365 g/mol. The molecule has 0 saturated carbocycles. The summed E-state index contributed by atoms with van der Waals surface area (Å²) in [6.07, 6.45) is 1.55. The van der Waals surface area contributed by atoms with Crippen molar-refractivity contribution in [1.29, 1.82) is 0 Å². The number of thiophene rings is 1. The number of amides is 1. The molecule has 9 heteroatoms. The maximum absolute atomic E-state index is 13.0. The van der Waals surface area contributed by atoms with E-state index in [0.717, 1.165) is 23.5 Å². The minimum Gasteiger partial charge on any atom is -0.366 e. The van der Waals surface area contributed by atoms with Gasteiger partial charge in [-0.05, 0) is 42.5 Å². The number of carbonyl (C=O) groups is 1. The number of halogens is 1. The van der Waals surface area contributed by atoms with Gasteiger partial charge in [0.15, 0.2) is 0 Å². The van der Waals surface area contributed by atoms with Crippen molar-refractivity contribution in [2.24, 2.45) is 5.73 Å². The van der Waals surface area contributed by atoms with Gasteiger partial charge in [0.1, 0.15) is 20.8 Å². The van der Waals surface area contributed by atoms with Gasteiger partial charge in [0, 0.05) is 6.20 Å². The molecule has 0 spiro atoms. The van der Waals surface area contributed by atoms with E-state index in [1.54, 1.807) is 24.4 Å². The molecule has 25 heavy (non-hydrogen) atoms.